The van der Waals surface area contributed by atoms with E-state index in [2.05, 4.69) is 5.10 Å². The maximum atomic E-state index is 11.0. The van der Waals surface area contributed by atoms with Crippen molar-refractivity contribution in [3.8, 4) is 0 Å². The molecule has 2 aromatic rings. The van der Waals surface area contributed by atoms with Gasteiger partial charge in [-0.25, -0.2) is 0 Å². The quantitative estimate of drug-likeness (QED) is 0.671. The lowest BCUT2D eigenvalue weighted by Crippen LogP contribution is -2.09. The summed E-state index contributed by atoms with van der Waals surface area (Å²) in [5.41, 5.74) is 2.29. The summed E-state index contributed by atoms with van der Waals surface area (Å²) in [4.78, 5) is 21.4. The molecule has 110 valence electrons. The fourth-order valence-corrected chi connectivity index (χ4v) is 2.31. The molecule has 0 aliphatic heterocycles. The number of hydrogen-bond donors (Lipinski definition) is 1. The lowest BCUT2D eigenvalue weighted by atomic mass is 10.0. The lowest BCUT2D eigenvalue weighted by molar-refractivity contribution is -0.386. The number of carboxylic acids is 1. The molecule has 0 amide bonds. The Labute approximate surface area is 121 Å². The monoisotopic (exact) mass is 289 g/mol. The molecule has 0 atom stereocenters. The lowest BCUT2D eigenvalue weighted by Gasteiger charge is -2.09. The highest BCUT2D eigenvalue weighted by Gasteiger charge is 2.22. The largest absolute Gasteiger partial charge is 0.481 e. The Bertz CT molecular complexity index is 706. The van der Waals surface area contributed by atoms with Crippen molar-refractivity contribution in [2.24, 2.45) is 0 Å². The van der Waals surface area contributed by atoms with Crippen LogP contribution in [-0.4, -0.2) is 25.8 Å². The van der Waals surface area contributed by atoms with Crippen LogP contribution < -0.4 is 0 Å². The van der Waals surface area contributed by atoms with E-state index >= 15 is 0 Å². The minimum absolute atomic E-state index is 0.00529. The van der Waals surface area contributed by atoms with Crippen LogP contribution in [0.1, 0.15) is 22.5 Å². The molecule has 0 saturated carbocycles. The maximum absolute atomic E-state index is 11.0. The Morgan fingerprint density at radius 1 is 1.33 bits per heavy atom. The Kier molecular flexibility index (Phi) is 4.02. The summed E-state index contributed by atoms with van der Waals surface area (Å²) in [6.07, 6.45) is -0.0857. The van der Waals surface area contributed by atoms with Crippen LogP contribution in [0.5, 0.6) is 0 Å². The summed E-state index contributed by atoms with van der Waals surface area (Å²) in [6, 6.07) is 7.12. The molecule has 0 aliphatic carbocycles. The molecule has 7 nitrogen and oxygen atoms in total. The second-order valence-corrected chi connectivity index (χ2v) is 4.77. The van der Waals surface area contributed by atoms with Crippen molar-refractivity contribution in [3.63, 3.8) is 0 Å². The molecule has 1 aromatic heterocycles. The van der Waals surface area contributed by atoms with E-state index in [0.717, 1.165) is 5.56 Å². The minimum atomic E-state index is -0.915. The number of rotatable bonds is 5. The van der Waals surface area contributed by atoms with Gasteiger partial charge in [0.25, 0.3) is 0 Å². The first-order valence-electron chi connectivity index (χ1n) is 6.37. The van der Waals surface area contributed by atoms with Gasteiger partial charge in [0.15, 0.2) is 0 Å². The van der Waals surface area contributed by atoms with Gasteiger partial charge in [-0.1, -0.05) is 24.3 Å². The van der Waals surface area contributed by atoms with Crippen molar-refractivity contribution in [2.45, 2.75) is 26.8 Å². The van der Waals surface area contributed by atoms with Crippen LogP contribution in [0, 0.1) is 24.0 Å². The van der Waals surface area contributed by atoms with Crippen molar-refractivity contribution >= 4 is 11.7 Å². The summed E-state index contributed by atoms with van der Waals surface area (Å²) in [6.45, 7) is 3.53. The van der Waals surface area contributed by atoms with E-state index in [-0.39, 0.29) is 12.1 Å². The predicted octanol–water partition coefficient (Wildman–Crippen LogP) is 2.08. The number of nitro groups is 1. The molecular weight excluding hydrogens is 274 g/mol. The number of nitrogens with zero attached hydrogens (tertiary/aromatic N) is 3. The Morgan fingerprint density at radius 2 is 1.95 bits per heavy atom. The van der Waals surface area contributed by atoms with Crippen LogP contribution >= 0.6 is 0 Å². The van der Waals surface area contributed by atoms with Gasteiger partial charge < -0.3 is 5.11 Å². The van der Waals surface area contributed by atoms with Crippen molar-refractivity contribution in [1.82, 2.24) is 9.78 Å². The Morgan fingerprint density at radius 3 is 2.48 bits per heavy atom. The van der Waals surface area contributed by atoms with E-state index < -0.39 is 10.9 Å². The van der Waals surface area contributed by atoms with E-state index in [1.807, 2.05) is 0 Å². The molecule has 0 saturated heterocycles. The number of carboxylic acid groups (broad SMARTS) is 1. The predicted molar refractivity (Wildman–Crippen MR) is 75.2 cm³/mol. The van der Waals surface area contributed by atoms with Gasteiger partial charge in [0.05, 0.1) is 17.9 Å². The SMILES string of the molecule is Cc1nn(Cc2ccccc2CC(=O)O)c(C)c1[N+](=O)[O-]. The van der Waals surface area contributed by atoms with Gasteiger partial charge in [-0.3, -0.25) is 19.6 Å². The van der Waals surface area contributed by atoms with Crippen molar-refractivity contribution < 1.29 is 14.8 Å². The van der Waals surface area contributed by atoms with Gasteiger partial charge in [0.1, 0.15) is 11.4 Å². The summed E-state index contributed by atoms with van der Waals surface area (Å²) in [5, 5.41) is 24.1. The van der Waals surface area contributed by atoms with Crippen molar-refractivity contribution in [1.29, 1.82) is 0 Å². The van der Waals surface area contributed by atoms with E-state index in [1.165, 1.54) is 4.68 Å². The number of hydrogen-bond acceptors (Lipinski definition) is 4. The van der Waals surface area contributed by atoms with Gasteiger partial charge in [-0.2, -0.15) is 5.10 Å². The zero-order valence-corrected chi connectivity index (χ0v) is 11.7. The zero-order valence-electron chi connectivity index (χ0n) is 11.7. The van der Waals surface area contributed by atoms with Gasteiger partial charge in [0, 0.05) is 0 Å². The molecule has 0 radical (unpaired) electrons. The van der Waals surface area contributed by atoms with E-state index in [1.54, 1.807) is 38.1 Å². The van der Waals surface area contributed by atoms with Crippen LogP contribution in [0.15, 0.2) is 24.3 Å². The minimum Gasteiger partial charge on any atom is -0.481 e. The highest BCUT2D eigenvalue weighted by Crippen LogP contribution is 2.23. The zero-order chi connectivity index (χ0) is 15.6. The summed E-state index contributed by atoms with van der Waals surface area (Å²) in [7, 11) is 0. The fourth-order valence-electron chi connectivity index (χ4n) is 2.31. The van der Waals surface area contributed by atoms with Crippen molar-refractivity contribution in [3.05, 3.63) is 56.9 Å². The molecule has 0 unspecified atom stereocenters. The number of benzene rings is 1. The number of aryl methyl sites for hydroxylation is 1. The maximum Gasteiger partial charge on any atom is 0.312 e. The Balaban J connectivity index is 2.37. The first kappa shape index (κ1) is 14.7. The summed E-state index contributed by atoms with van der Waals surface area (Å²) < 4.78 is 1.54. The number of aliphatic carboxylic acids is 1. The third kappa shape index (κ3) is 3.07. The average molecular weight is 289 g/mol. The molecular formula is C14H15N3O4. The highest BCUT2D eigenvalue weighted by molar-refractivity contribution is 5.70. The average Bonchev–Trinajstić information content (AvgIpc) is 2.66. The Hall–Kier alpha value is -2.70. The van der Waals surface area contributed by atoms with Crippen LogP contribution in [0.3, 0.4) is 0 Å². The molecule has 0 aliphatic rings. The molecule has 0 spiro atoms. The van der Waals surface area contributed by atoms with Crippen LogP contribution in [0.25, 0.3) is 0 Å². The van der Waals surface area contributed by atoms with Crippen molar-refractivity contribution in [2.75, 3.05) is 0 Å². The van der Waals surface area contributed by atoms with Gasteiger partial charge >= 0.3 is 11.7 Å². The van der Waals surface area contributed by atoms with Gasteiger partial charge in [-0.05, 0) is 25.0 Å². The first-order chi connectivity index (χ1) is 9.90. The van der Waals surface area contributed by atoms with Crippen LogP contribution in [0.4, 0.5) is 5.69 Å². The third-order valence-corrected chi connectivity index (χ3v) is 3.31. The molecule has 0 bridgehead atoms. The molecule has 2 rings (SSSR count). The highest BCUT2D eigenvalue weighted by atomic mass is 16.6. The fraction of sp³-hybridized carbons (Fsp3) is 0.286. The molecule has 7 heteroatoms. The topological polar surface area (TPSA) is 98.3 Å². The second-order valence-electron chi connectivity index (χ2n) is 4.77. The van der Waals surface area contributed by atoms with Gasteiger partial charge in [-0.15, -0.1) is 0 Å². The third-order valence-electron chi connectivity index (χ3n) is 3.31. The smallest absolute Gasteiger partial charge is 0.312 e. The van der Waals surface area contributed by atoms with E-state index in [4.69, 9.17) is 5.11 Å². The number of carbonyl (C=O) groups is 1. The van der Waals surface area contributed by atoms with Crippen LogP contribution in [0.2, 0.25) is 0 Å². The second kappa shape index (κ2) is 5.74. The van der Waals surface area contributed by atoms with Gasteiger partial charge in [0.2, 0.25) is 0 Å². The molecule has 1 N–H and O–H groups in total. The van der Waals surface area contributed by atoms with E-state index in [9.17, 15) is 14.9 Å². The van der Waals surface area contributed by atoms with E-state index in [0.29, 0.717) is 23.5 Å². The first-order valence-corrected chi connectivity index (χ1v) is 6.37. The van der Waals surface area contributed by atoms with Crippen LogP contribution in [-0.2, 0) is 17.8 Å². The molecule has 0 fully saturated rings. The summed E-state index contributed by atoms with van der Waals surface area (Å²) in [5.74, 6) is -0.915. The standard InChI is InChI=1S/C14H15N3O4/c1-9-14(17(20)21)10(2)16(15-9)8-12-6-4-3-5-11(12)7-13(18)19/h3-6H,7-8H2,1-2H3,(H,18,19). The molecule has 1 aromatic carbocycles. The summed E-state index contributed by atoms with van der Waals surface area (Å²) >= 11 is 0. The molecule has 21 heavy (non-hydrogen) atoms. The molecule has 1 heterocycles. The number of aromatic nitrogens is 2. The normalized spacial score (nSPS) is 10.6.